The SMILES string of the molecule is Cc1c(C)c(C)c(CCNC(=O)[C@H](CC(=O)O)NC(=O)[C@H](CCCCNC(=O)Nc2ccccc2)NC(=O)[C@H](Cc2c[nH]c3ccccc23)NC(=O)OC(C)(C)C)c(C)c1C. The molecular weight excluding hydrogens is 779 g/mol. The third-order valence-corrected chi connectivity index (χ3v) is 10.8. The number of anilines is 1. The number of rotatable bonds is 19. The molecule has 0 aliphatic rings. The fraction of sp³-hybridized carbons (Fsp3) is 0.435. The maximum atomic E-state index is 14.2. The molecule has 3 aromatic carbocycles. The Morgan fingerprint density at radius 3 is 1.95 bits per heavy atom. The molecule has 0 aliphatic heterocycles. The molecular formula is C46H61N7O8. The average Bonchev–Trinajstić information content (AvgIpc) is 3.61. The van der Waals surface area contributed by atoms with Crippen molar-refractivity contribution in [2.45, 2.75) is 118 Å². The quantitative estimate of drug-likeness (QED) is 0.0527. The molecule has 6 amide bonds. The van der Waals surface area contributed by atoms with Crippen molar-refractivity contribution in [3.8, 4) is 0 Å². The van der Waals surface area contributed by atoms with Crippen LogP contribution in [-0.4, -0.2) is 82.7 Å². The Bertz CT molecular complexity index is 2170. The van der Waals surface area contributed by atoms with Crippen molar-refractivity contribution in [2.24, 2.45) is 0 Å². The second-order valence-corrected chi connectivity index (χ2v) is 16.4. The van der Waals surface area contributed by atoms with Gasteiger partial charge in [0.15, 0.2) is 0 Å². The molecule has 0 aliphatic carbocycles. The highest BCUT2D eigenvalue weighted by Crippen LogP contribution is 2.26. The molecule has 0 spiro atoms. The standard InChI is InChI=1S/C46H61N7O8/c1-27-28(2)30(4)34(31(5)29(27)3)21-23-47-41(56)39(25-40(54)55)52-42(57)37(20-14-15-22-48-44(59)50-33-16-10-9-11-17-33)51-43(58)38(53-45(60)61-46(6,7)8)24-32-26-49-36-19-13-12-18-35(32)36/h9-13,16-19,26,37-39,49H,14-15,20-25H2,1-8H3,(H,47,56)(H,51,58)(H,52,57)(H,53,60)(H,54,55)(H2,48,50,59)/t37-,38-,39-/m0/s1. The number of urea groups is 1. The molecule has 0 saturated heterocycles. The van der Waals surface area contributed by atoms with Crippen molar-refractivity contribution in [1.82, 2.24) is 31.6 Å². The molecule has 1 heterocycles. The number of carbonyl (C=O) groups is 6. The Morgan fingerprint density at radius 2 is 1.30 bits per heavy atom. The third kappa shape index (κ3) is 14.1. The molecule has 61 heavy (non-hydrogen) atoms. The van der Waals surface area contributed by atoms with Crippen LogP contribution < -0.4 is 31.9 Å². The third-order valence-electron chi connectivity index (χ3n) is 10.8. The molecule has 0 bridgehead atoms. The summed E-state index contributed by atoms with van der Waals surface area (Å²) in [5, 5.41) is 26.9. The second-order valence-electron chi connectivity index (χ2n) is 16.4. The number of hydrogen-bond acceptors (Lipinski definition) is 7. The van der Waals surface area contributed by atoms with Crippen LogP contribution in [0, 0.1) is 34.6 Å². The number of nitrogens with one attached hydrogen (secondary N) is 7. The lowest BCUT2D eigenvalue weighted by atomic mass is 9.88. The van der Waals surface area contributed by atoms with E-state index in [1.807, 2.05) is 44.2 Å². The molecule has 8 N–H and O–H groups in total. The van der Waals surface area contributed by atoms with Crippen LogP contribution in [0.25, 0.3) is 10.9 Å². The van der Waals surface area contributed by atoms with Gasteiger partial charge in [0.25, 0.3) is 0 Å². The minimum Gasteiger partial charge on any atom is -0.481 e. The number of unbranched alkanes of at least 4 members (excludes halogenated alkanes) is 1. The van der Waals surface area contributed by atoms with Crippen LogP contribution in [0.5, 0.6) is 0 Å². The largest absolute Gasteiger partial charge is 0.481 e. The minimum atomic E-state index is -1.46. The molecule has 4 aromatic rings. The lowest BCUT2D eigenvalue weighted by Gasteiger charge is -2.26. The first-order valence-corrected chi connectivity index (χ1v) is 20.6. The number of para-hydroxylation sites is 2. The van der Waals surface area contributed by atoms with Gasteiger partial charge >= 0.3 is 18.1 Å². The number of fused-ring (bicyclic) bond motifs is 1. The first kappa shape index (κ1) is 47.3. The number of H-pyrrole nitrogens is 1. The maximum Gasteiger partial charge on any atom is 0.408 e. The number of carboxylic acid groups (broad SMARTS) is 1. The number of alkyl carbamates (subject to hydrolysis) is 1. The number of hydrogen-bond donors (Lipinski definition) is 8. The fourth-order valence-electron chi connectivity index (χ4n) is 7.14. The Labute approximate surface area is 357 Å². The molecule has 0 fully saturated rings. The number of ether oxygens (including phenoxy) is 1. The summed E-state index contributed by atoms with van der Waals surface area (Å²) >= 11 is 0. The van der Waals surface area contributed by atoms with Crippen LogP contribution >= 0.6 is 0 Å². The number of aliphatic carboxylic acids is 1. The first-order valence-electron chi connectivity index (χ1n) is 20.6. The lowest BCUT2D eigenvalue weighted by Crippen LogP contribution is -2.57. The van der Waals surface area contributed by atoms with E-state index in [0.29, 0.717) is 24.9 Å². The summed E-state index contributed by atoms with van der Waals surface area (Å²) in [6.45, 7) is 15.8. The Morgan fingerprint density at radius 1 is 0.689 bits per heavy atom. The number of amides is 6. The van der Waals surface area contributed by atoms with E-state index in [1.165, 1.54) is 16.7 Å². The molecule has 15 nitrogen and oxygen atoms in total. The molecule has 15 heteroatoms. The number of carboxylic acids is 1. The topological polar surface area (TPSA) is 220 Å². The van der Waals surface area contributed by atoms with Crippen molar-refractivity contribution < 1.29 is 38.6 Å². The van der Waals surface area contributed by atoms with Gasteiger partial charge in [0.2, 0.25) is 17.7 Å². The van der Waals surface area contributed by atoms with E-state index in [2.05, 4.69) is 57.7 Å². The Balaban J connectivity index is 1.52. The van der Waals surface area contributed by atoms with E-state index in [1.54, 1.807) is 51.2 Å². The van der Waals surface area contributed by atoms with E-state index in [4.69, 9.17) is 4.74 Å². The van der Waals surface area contributed by atoms with Gasteiger partial charge in [-0.25, -0.2) is 9.59 Å². The van der Waals surface area contributed by atoms with Gasteiger partial charge in [-0.1, -0.05) is 36.4 Å². The number of aromatic amines is 1. The van der Waals surface area contributed by atoms with Crippen LogP contribution in [0.15, 0.2) is 60.8 Å². The summed E-state index contributed by atoms with van der Waals surface area (Å²) in [5.41, 5.74) is 8.21. The van der Waals surface area contributed by atoms with Gasteiger partial charge < -0.3 is 46.7 Å². The van der Waals surface area contributed by atoms with Gasteiger partial charge in [-0.3, -0.25) is 19.2 Å². The monoisotopic (exact) mass is 839 g/mol. The zero-order valence-corrected chi connectivity index (χ0v) is 36.5. The summed E-state index contributed by atoms with van der Waals surface area (Å²) in [5.74, 6) is -3.48. The average molecular weight is 840 g/mol. The van der Waals surface area contributed by atoms with Crippen molar-refractivity contribution in [3.05, 3.63) is 99.7 Å². The highest BCUT2D eigenvalue weighted by atomic mass is 16.6. The van der Waals surface area contributed by atoms with Crippen LogP contribution in [0.3, 0.4) is 0 Å². The van der Waals surface area contributed by atoms with Crippen LogP contribution in [0.4, 0.5) is 15.3 Å². The fourth-order valence-corrected chi connectivity index (χ4v) is 7.14. The zero-order valence-electron chi connectivity index (χ0n) is 36.5. The predicted molar refractivity (Wildman–Crippen MR) is 235 cm³/mol. The minimum absolute atomic E-state index is 0.0346. The highest BCUT2D eigenvalue weighted by Gasteiger charge is 2.32. The molecule has 0 radical (unpaired) electrons. The Kier molecular flexibility index (Phi) is 16.9. The summed E-state index contributed by atoms with van der Waals surface area (Å²) in [4.78, 5) is 82.4. The lowest BCUT2D eigenvalue weighted by molar-refractivity contribution is -0.141. The summed E-state index contributed by atoms with van der Waals surface area (Å²) in [7, 11) is 0. The summed E-state index contributed by atoms with van der Waals surface area (Å²) in [6, 6.07) is 12.1. The van der Waals surface area contributed by atoms with E-state index in [-0.39, 0.29) is 25.9 Å². The normalized spacial score (nSPS) is 12.7. The summed E-state index contributed by atoms with van der Waals surface area (Å²) < 4.78 is 5.48. The number of aromatic nitrogens is 1. The number of carbonyl (C=O) groups excluding carboxylic acids is 5. The Hall–Kier alpha value is -6.38. The van der Waals surface area contributed by atoms with Gasteiger partial charge in [-0.15, -0.1) is 0 Å². The zero-order chi connectivity index (χ0) is 44.9. The van der Waals surface area contributed by atoms with Crippen LogP contribution in [0.2, 0.25) is 0 Å². The molecule has 0 unspecified atom stereocenters. The highest BCUT2D eigenvalue weighted by molar-refractivity contribution is 5.95. The van der Waals surface area contributed by atoms with Crippen molar-refractivity contribution >= 4 is 52.4 Å². The van der Waals surface area contributed by atoms with Gasteiger partial charge in [0.1, 0.15) is 23.7 Å². The van der Waals surface area contributed by atoms with Crippen LogP contribution in [0.1, 0.15) is 85.4 Å². The van der Waals surface area contributed by atoms with E-state index in [0.717, 1.165) is 33.2 Å². The predicted octanol–water partition coefficient (Wildman–Crippen LogP) is 5.94. The van der Waals surface area contributed by atoms with Gasteiger partial charge in [0, 0.05) is 42.3 Å². The van der Waals surface area contributed by atoms with Gasteiger partial charge in [-0.05, 0) is 138 Å². The summed E-state index contributed by atoms with van der Waals surface area (Å²) in [6.07, 6.45) is 1.53. The van der Waals surface area contributed by atoms with Gasteiger partial charge in [0.05, 0.1) is 6.42 Å². The van der Waals surface area contributed by atoms with Crippen molar-refractivity contribution in [3.63, 3.8) is 0 Å². The van der Waals surface area contributed by atoms with E-state index in [9.17, 15) is 33.9 Å². The number of benzene rings is 3. The van der Waals surface area contributed by atoms with Gasteiger partial charge in [-0.2, -0.15) is 0 Å². The molecule has 3 atom stereocenters. The van der Waals surface area contributed by atoms with E-state index < -0.39 is 66.0 Å². The van der Waals surface area contributed by atoms with Crippen molar-refractivity contribution in [1.29, 1.82) is 0 Å². The maximum absolute atomic E-state index is 14.2. The van der Waals surface area contributed by atoms with Crippen molar-refractivity contribution in [2.75, 3.05) is 18.4 Å². The molecule has 4 rings (SSSR count). The first-order chi connectivity index (χ1) is 28.8. The second kappa shape index (κ2) is 21.7. The smallest absolute Gasteiger partial charge is 0.408 e. The molecule has 1 aromatic heterocycles. The van der Waals surface area contributed by atoms with Crippen LogP contribution in [-0.2, 0) is 36.8 Å². The molecule has 328 valence electrons. The van der Waals surface area contributed by atoms with E-state index >= 15 is 0 Å². The molecule has 0 saturated carbocycles.